The molecule has 0 aliphatic carbocycles. The van der Waals surface area contributed by atoms with Crippen LogP contribution in [-0.4, -0.2) is 23.9 Å². The normalized spacial score (nSPS) is 10.6. The Hall–Kier alpha value is -3.88. The maximum atomic E-state index is 12.0. The van der Waals surface area contributed by atoms with Crippen LogP contribution in [0.25, 0.3) is 0 Å². The molecule has 34 heavy (non-hydrogen) atoms. The van der Waals surface area contributed by atoms with E-state index >= 15 is 0 Å². The van der Waals surface area contributed by atoms with Gasteiger partial charge < -0.3 is 15.4 Å². The number of carbonyl (C=O) groups excluding carboxylic acids is 3. The average Bonchev–Trinajstić information content (AvgIpc) is 2.79. The fourth-order valence-corrected chi connectivity index (χ4v) is 3.19. The van der Waals surface area contributed by atoms with E-state index in [0.29, 0.717) is 32.7 Å². The number of hydrazone groups is 1. The SMILES string of the molecule is CC(=O)Nc1ccc(NC(=O)C(=O)N/N=C/c2cccc(OCc3ccc(Cl)cc3Cl)c2)cc1. The molecule has 8 nitrogen and oxygen atoms in total. The molecule has 0 saturated heterocycles. The number of benzene rings is 3. The summed E-state index contributed by atoms with van der Waals surface area (Å²) in [7, 11) is 0. The molecule has 3 aromatic carbocycles. The van der Waals surface area contributed by atoms with Crippen LogP contribution in [0.2, 0.25) is 10.0 Å². The van der Waals surface area contributed by atoms with E-state index in [1.54, 1.807) is 66.7 Å². The van der Waals surface area contributed by atoms with Crippen molar-refractivity contribution in [3.63, 3.8) is 0 Å². The van der Waals surface area contributed by atoms with Gasteiger partial charge in [-0.2, -0.15) is 5.10 Å². The summed E-state index contributed by atoms with van der Waals surface area (Å²) in [6, 6.07) is 18.5. The summed E-state index contributed by atoms with van der Waals surface area (Å²) in [6.07, 6.45) is 1.38. The largest absolute Gasteiger partial charge is 0.489 e. The molecule has 174 valence electrons. The smallest absolute Gasteiger partial charge is 0.329 e. The fraction of sp³-hybridized carbons (Fsp3) is 0.0833. The monoisotopic (exact) mass is 498 g/mol. The first-order valence-electron chi connectivity index (χ1n) is 9.99. The lowest BCUT2D eigenvalue weighted by Gasteiger charge is -2.08. The Labute approximate surface area is 205 Å². The zero-order valence-corrected chi connectivity index (χ0v) is 19.5. The van der Waals surface area contributed by atoms with Gasteiger partial charge in [-0.15, -0.1) is 0 Å². The number of nitrogens with zero attached hydrogens (tertiary/aromatic N) is 1. The highest BCUT2D eigenvalue weighted by molar-refractivity contribution is 6.39. The number of hydrogen-bond donors (Lipinski definition) is 3. The first-order chi connectivity index (χ1) is 16.3. The minimum Gasteiger partial charge on any atom is -0.489 e. The van der Waals surface area contributed by atoms with Gasteiger partial charge in [0, 0.05) is 33.9 Å². The molecule has 0 fully saturated rings. The van der Waals surface area contributed by atoms with Gasteiger partial charge in [0.25, 0.3) is 0 Å². The molecule has 3 N–H and O–H groups in total. The highest BCUT2D eigenvalue weighted by Crippen LogP contribution is 2.23. The molecule has 0 aliphatic heterocycles. The number of ether oxygens (including phenoxy) is 1. The van der Waals surface area contributed by atoms with Gasteiger partial charge in [0.1, 0.15) is 12.4 Å². The molecule has 0 unspecified atom stereocenters. The van der Waals surface area contributed by atoms with Crippen molar-refractivity contribution in [1.82, 2.24) is 5.43 Å². The van der Waals surface area contributed by atoms with Crippen molar-refractivity contribution >= 4 is 58.5 Å². The molecule has 3 aromatic rings. The molecule has 0 aromatic heterocycles. The number of anilines is 2. The van der Waals surface area contributed by atoms with Crippen LogP contribution in [0.5, 0.6) is 5.75 Å². The summed E-state index contributed by atoms with van der Waals surface area (Å²) in [5.74, 6) is -1.47. The molecule has 0 saturated carbocycles. The van der Waals surface area contributed by atoms with Crippen LogP contribution in [-0.2, 0) is 21.0 Å². The molecule has 0 bridgehead atoms. The fourth-order valence-electron chi connectivity index (χ4n) is 2.73. The molecule has 0 aliphatic rings. The van der Waals surface area contributed by atoms with Crippen LogP contribution in [0.3, 0.4) is 0 Å². The quantitative estimate of drug-likeness (QED) is 0.250. The second-order valence-corrected chi connectivity index (χ2v) is 7.85. The third-order valence-corrected chi connectivity index (χ3v) is 4.90. The Balaban J connectivity index is 1.50. The molecule has 0 radical (unpaired) electrons. The van der Waals surface area contributed by atoms with Crippen LogP contribution in [0, 0.1) is 0 Å². The number of hydrogen-bond acceptors (Lipinski definition) is 5. The minimum absolute atomic E-state index is 0.211. The van der Waals surface area contributed by atoms with Crippen molar-refractivity contribution in [2.45, 2.75) is 13.5 Å². The molecular weight excluding hydrogens is 479 g/mol. The van der Waals surface area contributed by atoms with Gasteiger partial charge in [-0.05, 0) is 54.1 Å². The van der Waals surface area contributed by atoms with Crippen LogP contribution in [0.1, 0.15) is 18.1 Å². The van der Waals surface area contributed by atoms with Gasteiger partial charge in [-0.3, -0.25) is 14.4 Å². The van der Waals surface area contributed by atoms with Gasteiger partial charge >= 0.3 is 11.8 Å². The van der Waals surface area contributed by atoms with E-state index in [0.717, 1.165) is 5.56 Å². The van der Waals surface area contributed by atoms with Crippen molar-refractivity contribution in [2.75, 3.05) is 10.6 Å². The minimum atomic E-state index is -0.938. The molecule has 3 rings (SSSR count). The van der Waals surface area contributed by atoms with E-state index in [4.69, 9.17) is 27.9 Å². The van der Waals surface area contributed by atoms with Crippen molar-refractivity contribution in [3.8, 4) is 5.75 Å². The first-order valence-corrected chi connectivity index (χ1v) is 10.7. The van der Waals surface area contributed by atoms with Gasteiger partial charge in [-0.25, -0.2) is 5.43 Å². The Kier molecular flexibility index (Phi) is 8.61. The predicted octanol–water partition coefficient (Wildman–Crippen LogP) is 4.62. The molecule has 0 atom stereocenters. The lowest BCUT2D eigenvalue weighted by atomic mass is 10.2. The summed E-state index contributed by atoms with van der Waals surface area (Å²) in [5, 5.41) is 9.91. The highest BCUT2D eigenvalue weighted by Gasteiger charge is 2.13. The molecule has 3 amide bonds. The molecular formula is C24H20Cl2N4O4. The Morgan fingerprint density at radius 2 is 1.62 bits per heavy atom. The molecule has 10 heteroatoms. The number of nitrogens with one attached hydrogen (secondary N) is 3. The number of amides is 3. The number of carbonyl (C=O) groups is 3. The van der Waals surface area contributed by atoms with Crippen molar-refractivity contribution in [1.29, 1.82) is 0 Å². The lowest BCUT2D eigenvalue weighted by Crippen LogP contribution is -2.32. The zero-order valence-electron chi connectivity index (χ0n) is 18.0. The van der Waals surface area contributed by atoms with Crippen molar-refractivity contribution in [2.24, 2.45) is 5.10 Å². The molecule has 0 heterocycles. The Bertz CT molecular complexity index is 1230. The van der Waals surface area contributed by atoms with Crippen molar-refractivity contribution in [3.05, 3.63) is 87.9 Å². The summed E-state index contributed by atoms with van der Waals surface area (Å²) in [5.41, 5.74) is 4.57. The topological polar surface area (TPSA) is 109 Å². The van der Waals surface area contributed by atoms with Crippen LogP contribution in [0.15, 0.2) is 71.8 Å². The summed E-state index contributed by atoms with van der Waals surface area (Å²) in [4.78, 5) is 35.1. The van der Waals surface area contributed by atoms with E-state index in [9.17, 15) is 14.4 Å². The van der Waals surface area contributed by atoms with Crippen LogP contribution < -0.4 is 20.8 Å². The van der Waals surface area contributed by atoms with Gasteiger partial charge in [0.15, 0.2) is 0 Å². The van der Waals surface area contributed by atoms with Crippen LogP contribution >= 0.6 is 23.2 Å². The maximum absolute atomic E-state index is 12.0. The Morgan fingerprint density at radius 1 is 0.912 bits per heavy atom. The Morgan fingerprint density at radius 3 is 2.29 bits per heavy atom. The maximum Gasteiger partial charge on any atom is 0.329 e. The summed E-state index contributed by atoms with van der Waals surface area (Å²) in [6.45, 7) is 1.64. The third-order valence-electron chi connectivity index (χ3n) is 4.32. The summed E-state index contributed by atoms with van der Waals surface area (Å²) < 4.78 is 5.75. The van der Waals surface area contributed by atoms with E-state index in [-0.39, 0.29) is 12.5 Å². The van der Waals surface area contributed by atoms with Gasteiger partial charge in [-0.1, -0.05) is 41.4 Å². The van der Waals surface area contributed by atoms with E-state index in [2.05, 4.69) is 21.2 Å². The standard InChI is InChI=1S/C24H20Cl2N4O4/c1-15(31)28-19-7-9-20(10-8-19)29-23(32)24(33)30-27-13-16-3-2-4-21(11-16)34-14-17-5-6-18(25)12-22(17)26/h2-13H,14H2,1H3,(H,28,31)(H,29,32)(H,30,33)/b27-13+. The molecule has 0 spiro atoms. The van der Waals surface area contributed by atoms with Crippen molar-refractivity contribution < 1.29 is 19.1 Å². The second kappa shape index (κ2) is 11.8. The van der Waals surface area contributed by atoms with E-state index < -0.39 is 11.8 Å². The second-order valence-electron chi connectivity index (χ2n) is 7.01. The summed E-state index contributed by atoms with van der Waals surface area (Å²) >= 11 is 12.1. The number of halogens is 2. The van der Waals surface area contributed by atoms with E-state index in [1.807, 2.05) is 0 Å². The zero-order chi connectivity index (χ0) is 24.5. The first kappa shape index (κ1) is 24.8. The average molecular weight is 499 g/mol. The van der Waals surface area contributed by atoms with Gasteiger partial charge in [0.05, 0.1) is 6.21 Å². The van der Waals surface area contributed by atoms with Crippen LogP contribution in [0.4, 0.5) is 11.4 Å². The van der Waals surface area contributed by atoms with E-state index in [1.165, 1.54) is 13.1 Å². The number of rotatable bonds is 7. The van der Waals surface area contributed by atoms with Gasteiger partial charge in [0.2, 0.25) is 5.91 Å². The lowest BCUT2D eigenvalue weighted by molar-refractivity contribution is -0.136. The highest BCUT2D eigenvalue weighted by atomic mass is 35.5. The predicted molar refractivity (Wildman–Crippen MR) is 132 cm³/mol. The third kappa shape index (κ3) is 7.61.